The van der Waals surface area contributed by atoms with E-state index in [0.29, 0.717) is 5.89 Å². The van der Waals surface area contributed by atoms with E-state index in [1.165, 1.54) is 16.5 Å². The number of furan rings is 1. The maximum Gasteiger partial charge on any atom is 0.227 e. The maximum absolute atomic E-state index is 6.60. The van der Waals surface area contributed by atoms with E-state index in [9.17, 15) is 0 Å². The average Bonchev–Trinajstić information content (AvgIpc) is 3.83. The summed E-state index contributed by atoms with van der Waals surface area (Å²) in [6.45, 7) is 0. The summed E-state index contributed by atoms with van der Waals surface area (Å²) in [5, 5.41) is 8.92. The molecule has 0 aliphatic carbocycles. The standard InChI is InChI=1S/C49H30N2O2/c1-3-11-31(12-4-1)37-25-27-44(39-16-8-7-15-38(37)39)51(36-24-28-46-42(30-36)40-17-9-10-18-45(40)52-46)35-23-21-32-19-20-33-22-26-43-48(47(33)41(32)29-35)53-49(50-43)34-13-5-2-6-14-34/h1-30H. The molecule has 0 amide bonds. The Kier molecular flexibility index (Phi) is 6.52. The van der Waals surface area contributed by atoms with Crippen LogP contribution in [0.5, 0.6) is 0 Å². The Morgan fingerprint density at radius 1 is 0.415 bits per heavy atom. The Morgan fingerprint density at radius 2 is 1.04 bits per heavy atom. The minimum Gasteiger partial charge on any atom is -0.456 e. The summed E-state index contributed by atoms with van der Waals surface area (Å²) in [6.07, 6.45) is 0. The number of fused-ring (bicyclic) bond motifs is 9. The second-order valence-electron chi connectivity index (χ2n) is 13.5. The quantitative estimate of drug-likeness (QED) is 0.170. The molecule has 0 aliphatic rings. The van der Waals surface area contributed by atoms with Gasteiger partial charge in [0.1, 0.15) is 16.7 Å². The zero-order valence-electron chi connectivity index (χ0n) is 28.5. The minimum absolute atomic E-state index is 0.619. The fourth-order valence-electron chi connectivity index (χ4n) is 7.98. The first kappa shape index (κ1) is 29.5. The molecule has 0 N–H and O–H groups in total. The first-order chi connectivity index (χ1) is 26.3. The normalized spacial score (nSPS) is 11.8. The molecule has 0 spiro atoms. The van der Waals surface area contributed by atoms with Crippen molar-refractivity contribution in [2.24, 2.45) is 0 Å². The summed E-state index contributed by atoms with van der Waals surface area (Å²) < 4.78 is 12.9. The number of rotatable bonds is 5. The molecule has 0 fully saturated rings. The van der Waals surface area contributed by atoms with E-state index in [1.807, 2.05) is 42.5 Å². The molecule has 0 bridgehead atoms. The van der Waals surface area contributed by atoms with Gasteiger partial charge in [-0.15, -0.1) is 0 Å². The van der Waals surface area contributed by atoms with Crippen LogP contribution < -0.4 is 4.90 Å². The molecule has 2 aromatic heterocycles. The van der Waals surface area contributed by atoms with E-state index < -0.39 is 0 Å². The highest BCUT2D eigenvalue weighted by Crippen LogP contribution is 2.45. The van der Waals surface area contributed by atoms with E-state index in [1.54, 1.807) is 0 Å². The van der Waals surface area contributed by atoms with Crippen molar-refractivity contribution < 1.29 is 8.83 Å². The van der Waals surface area contributed by atoms with E-state index in [4.69, 9.17) is 13.8 Å². The summed E-state index contributed by atoms with van der Waals surface area (Å²) >= 11 is 0. The van der Waals surface area contributed by atoms with Gasteiger partial charge in [0.25, 0.3) is 0 Å². The predicted octanol–water partition coefficient (Wildman–Crippen LogP) is 14.0. The molecular weight excluding hydrogens is 649 g/mol. The van der Waals surface area contributed by atoms with Crippen molar-refractivity contribution in [2.45, 2.75) is 0 Å². The van der Waals surface area contributed by atoms with Gasteiger partial charge in [0.05, 0.1) is 5.69 Å². The van der Waals surface area contributed by atoms with Gasteiger partial charge in [0.15, 0.2) is 5.58 Å². The van der Waals surface area contributed by atoms with Crippen LogP contribution in [0, 0.1) is 0 Å². The highest BCUT2D eigenvalue weighted by molar-refractivity contribution is 6.19. The molecule has 0 radical (unpaired) electrons. The fourth-order valence-corrected chi connectivity index (χ4v) is 7.98. The van der Waals surface area contributed by atoms with Crippen LogP contribution in [-0.4, -0.2) is 4.98 Å². The van der Waals surface area contributed by atoms with Crippen LogP contribution in [0.25, 0.3) is 87.9 Å². The van der Waals surface area contributed by atoms with Crippen molar-refractivity contribution in [3.8, 4) is 22.6 Å². The molecule has 11 aromatic rings. The molecule has 53 heavy (non-hydrogen) atoms. The Hall–Kier alpha value is -7.17. The number of benzene rings is 9. The van der Waals surface area contributed by atoms with E-state index in [2.05, 4.69) is 144 Å². The average molecular weight is 679 g/mol. The lowest BCUT2D eigenvalue weighted by Gasteiger charge is -2.28. The molecule has 2 heterocycles. The Labute approximate surface area is 304 Å². The summed E-state index contributed by atoms with van der Waals surface area (Å²) in [6, 6.07) is 64.0. The van der Waals surface area contributed by atoms with Gasteiger partial charge in [-0.25, -0.2) is 4.98 Å². The molecule has 0 saturated heterocycles. The van der Waals surface area contributed by atoms with Crippen LogP contribution in [0.1, 0.15) is 0 Å². The van der Waals surface area contributed by atoms with E-state index >= 15 is 0 Å². The van der Waals surface area contributed by atoms with Crippen LogP contribution in [0.2, 0.25) is 0 Å². The molecule has 4 heteroatoms. The highest BCUT2D eigenvalue weighted by atomic mass is 16.3. The lowest BCUT2D eigenvalue weighted by molar-refractivity contribution is 0.623. The second-order valence-corrected chi connectivity index (χ2v) is 13.5. The highest BCUT2D eigenvalue weighted by Gasteiger charge is 2.21. The van der Waals surface area contributed by atoms with Gasteiger partial charge >= 0.3 is 0 Å². The zero-order chi connectivity index (χ0) is 34.9. The van der Waals surface area contributed by atoms with Crippen LogP contribution in [0.15, 0.2) is 191 Å². The zero-order valence-corrected chi connectivity index (χ0v) is 28.5. The van der Waals surface area contributed by atoms with Crippen molar-refractivity contribution in [2.75, 3.05) is 4.90 Å². The molecule has 0 saturated carbocycles. The van der Waals surface area contributed by atoms with Crippen LogP contribution in [0.4, 0.5) is 17.1 Å². The van der Waals surface area contributed by atoms with Crippen LogP contribution in [0.3, 0.4) is 0 Å². The SMILES string of the molecule is c1ccc(-c2nc3ccc4ccc5ccc(N(c6ccc7oc8ccccc8c7c6)c6ccc(-c7ccccc7)c7ccccc67)cc5c4c3o2)cc1. The number of nitrogens with zero attached hydrogens (tertiary/aromatic N) is 2. The van der Waals surface area contributed by atoms with Crippen LogP contribution >= 0.6 is 0 Å². The van der Waals surface area contributed by atoms with Crippen molar-refractivity contribution in [1.82, 2.24) is 4.98 Å². The second kappa shape index (κ2) is 11.7. The minimum atomic E-state index is 0.619. The third-order valence-electron chi connectivity index (χ3n) is 10.5. The lowest BCUT2D eigenvalue weighted by atomic mass is 9.96. The van der Waals surface area contributed by atoms with Gasteiger partial charge in [0.2, 0.25) is 5.89 Å². The summed E-state index contributed by atoms with van der Waals surface area (Å²) in [7, 11) is 0. The van der Waals surface area contributed by atoms with Gasteiger partial charge in [-0.3, -0.25) is 0 Å². The Balaban J connectivity index is 1.19. The number of para-hydroxylation sites is 1. The topological polar surface area (TPSA) is 42.4 Å². The lowest BCUT2D eigenvalue weighted by Crippen LogP contribution is -2.10. The Bertz CT molecular complexity index is 3180. The van der Waals surface area contributed by atoms with Crippen LogP contribution in [-0.2, 0) is 0 Å². The predicted molar refractivity (Wildman–Crippen MR) is 219 cm³/mol. The van der Waals surface area contributed by atoms with Crippen molar-refractivity contribution in [3.05, 3.63) is 182 Å². The molecule has 11 rings (SSSR count). The van der Waals surface area contributed by atoms with Gasteiger partial charge in [-0.1, -0.05) is 121 Å². The molecule has 4 nitrogen and oxygen atoms in total. The smallest absolute Gasteiger partial charge is 0.227 e. The molecule has 248 valence electrons. The largest absolute Gasteiger partial charge is 0.456 e. The summed E-state index contributed by atoms with van der Waals surface area (Å²) in [5.41, 5.74) is 9.89. The number of anilines is 3. The maximum atomic E-state index is 6.60. The number of hydrogen-bond acceptors (Lipinski definition) is 4. The third-order valence-corrected chi connectivity index (χ3v) is 10.5. The number of oxazole rings is 1. The van der Waals surface area contributed by atoms with Gasteiger partial charge < -0.3 is 13.7 Å². The molecule has 9 aromatic carbocycles. The molecule has 0 aliphatic heterocycles. The molecule has 0 unspecified atom stereocenters. The van der Waals surface area contributed by atoms with E-state index in [0.717, 1.165) is 82.6 Å². The molecule has 0 atom stereocenters. The monoisotopic (exact) mass is 678 g/mol. The van der Waals surface area contributed by atoms with Crippen molar-refractivity contribution in [1.29, 1.82) is 0 Å². The van der Waals surface area contributed by atoms with Gasteiger partial charge in [-0.2, -0.15) is 0 Å². The summed E-state index contributed by atoms with van der Waals surface area (Å²) in [5.74, 6) is 0.619. The van der Waals surface area contributed by atoms with Gasteiger partial charge in [0, 0.05) is 38.5 Å². The third kappa shape index (κ3) is 4.73. The van der Waals surface area contributed by atoms with Crippen molar-refractivity contribution >= 4 is 82.4 Å². The number of hydrogen-bond donors (Lipinski definition) is 0. The first-order valence-electron chi connectivity index (χ1n) is 17.9. The summed E-state index contributed by atoms with van der Waals surface area (Å²) in [4.78, 5) is 7.30. The van der Waals surface area contributed by atoms with Gasteiger partial charge in [-0.05, 0) is 93.3 Å². The Morgan fingerprint density at radius 3 is 1.87 bits per heavy atom. The fraction of sp³-hybridized carbons (Fsp3) is 0. The van der Waals surface area contributed by atoms with E-state index in [-0.39, 0.29) is 0 Å². The van der Waals surface area contributed by atoms with Crippen molar-refractivity contribution in [3.63, 3.8) is 0 Å². The molecular formula is C49H30N2O2. The first-order valence-corrected chi connectivity index (χ1v) is 17.9. The number of aromatic nitrogens is 1.